The summed E-state index contributed by atoms with van der Waals surface area (Å²) in [6.07, 6.45) is 1.79. The summed E-state index contributed by atoms with van der Waals surface area (Å²) < 4.78 is 0. The third-order valence-corrected chi connectivity index (χ3v) is 4.80. The number of rotatable bonds is 3. The van der Waals surface area contributed by atoms with Gasteiger partial charge >= 0.3 is 0 Å². The van der Waals surface area contributed by atoms with Crippen LogP contribution in [0.15, 0.2) is 24.4 Å². The van der Waals surface area contributed by atoms with Gasteiger partial charge in [-0.3, -0.25) is 0 Å². The van der Waals surface area contributed by atoms with E-state index in [1.165, 1.54) is 16.7 Å². The monoisotopic (exact) mass is 324 g/mol. The van der Waals surface area contributed by atoms with Gasteiger partial charge in [0.15, 0.2) is 0 Å². The first-order valence-electron chi connectivity index (χ1n) is 7.56. The van der Waals surface area contributed by atoms with Gasteiger partial charge in [0, 0.05) is 11.9 Å². The van der Waals surface area contributed by atoms with Crippen LogP contribution in [-0.2, 0) is 0 Å². The second kappa shape index (κ2) is 6.08. The van der Waals surface area contributed by atoms with Crippen molar-refractivity contribution >= 4 is 23.0 Å². The molecule has 0 aliphatic rings. The lowest BCUT2D eigenvalue weighted by atomic mass is 10.1. The molecular formula is C18H20N4S. The Hall–Kier alpha value is -2.27. The molecule has 118 valence electrons. The Kier molecular flexibility index (Phi) is 4.13. The molecule has 2 aromatic heterocycles. The van der Waals surface area contributed by atoms with E-state index in [2.05, 4.69) is 53.2 Å². The molecule has 1 N–H and O–H groups in total. The zero-order valence-corrected chi connectivity index (χ0v) is 14.9. The fourth-order valence-electron chi connectivity index (χ4n) is 2.80. The van der Waals surface area contributed by atoms with Crippen molar-refractivity contribution < 1.29 is 0 Å². The van der Waals surface area contributed by atoms with Gasteiger partial charge in [-0.2, -0.15) is 0 Å². The van der Waals surface area contributed by atoms with E-state index in [9.17, 15) is 0 Å². The molecule has 1 aromatic carbocycles. The van der Waals surface area contributed by atoms with Crippen LogP contribution in [0, 0.1) is 34.6 Å². The molecule has 5 heteroatoms. The van der Waals surface area contributed by atoms with Gasteiger partial charge in [-0.05, 0) is 51.8 Å². The SMILES string of the molecule is Cc1cc(C)c(Nc2nccc(-c3sc(C)nc3C)n2)c(C)c1. The number of anilines is 2. The van der Waals surface area contributed by atoms with Crippen LogP contribution < -0.4 is 5.32 Å². The largest absolute Gasteiger partial charge is 0.324 e. The molecule has 4 nitrogen and oxygen atoms in total. The number of nitrogens with zero attached hydrogens (tertiary/aromatic N) is 3. The van der Waals surface area contributed by atoms with Gasteiger partial charge in [0.1, 0.15) is 0 Å². The van der Waals surface area contributed by atoms with Gasteiger partial charge in [-0.1, -0.05) is 17.7 Å². The first kappa shape index (κ1) is 15.6. The summed E-state index contributed by atoms with van der Waals surface area (Å²) in [6, 6.07) is 6.26. The van der Waals surface area contributed by atoms with Gasteiger partial charge < -0.3 is 5.32 Å². The van der Waals surface area contributed by atoms with E-state index >= 15 is 0 Å². The number of hydrogen-bond donors (Lipinski definition) is 1. The summed E-state index contributed by atoms with van der Waals surface area (Å²) in [7, 11) is 0. The third-order valence-electron chi connectivity index (χ3n) is 3.71. The Balaban J connectivity index is 1.97. The number of thiazole rings is 1. The maximum atomic E-state index is 4.67. The van der Waals surface area contributed by atoms with Crippen LogP contribution in [0.1, 0.15) is 27.4 Å². The number of aryl methyl sites for hydroxylation is 5. The number of nitrogens with one attached hydrogen (secondary N) is 1. The van der Waals surface area contributed by atoms with Gasteiger partial charge in [-0.15, -0.1) is 11.3 Å². The van der Waals surface area contributed by atoms with Crippen LogP contribution in [-0.4, -0.2) is 15.0 Å². The molecule has 3 aromatic rings. The number of benzene rings is 1. The molecule has 0 unspecified atom stereocenters. The number of hydrogen-bond acceptors (Lipinski definition) is 5. The quantitative estimate of drug-likeness (QED) is 0.745. The molecule has 0 atom stereocenters. The maximum absolute atomic E-state index is 4.67. The fourth-order valence-corrected chi connectivity index (χ4v) is 3.69. The lowest BCUT2D eigenvalue weighted by Crippen LogP contribution is -2.01. The van der Waals surface area contributed by atoms with Crippen molar-refractivity contribution in [2.45, 2.75) is 34.6 Å². The molecule has 0 spiro atoms. The molecule has 0 radical (unpaired) electrons. The van der Waals surface area contributed by atoms with Crippen molar-refractivity contribution in [2.24, 2.45) is 0 Å². The standard InChI is InChI=1S/C18H20N4S/c1-10-8-11(2)16(12(3)9-10)22-18-19-7-6-15(21-18)17-13(4)20-14(5)23-17/h6-9H,1-5H3,(H,19,21,22). The fraction of sp³-hybridized carbons (Fsp3) is 0.278. The molecule has 0 saturated heterocycles. The van der Waals surface area contributed by atoms with E-state index in [4.69, 9.17) is 0 Å². The summed E-state index contributed by atoms with van der Waals surface area (Å²) >= 11 is 1.66. The van der Waals surface area contributed by atoms with E-state index in [1.54, 1.807) is 17.5 Å². The minimum Gasteiger partial charge on any atom is -0.324 e. The molecule has 0 amide bonds. The van der Waals surface area contributed by atoms with Crippen molar-refractivity contribution in [2.75, 3.05) is 5.32 Å². The average Bonchev–Trinajstić information content (AvgIpc) is 2.82. The highest BCUT2D eigenvalue weighted by molar-refractivity contribution is 7.15. The minimum absolute atomic E-state index is 0.614. The zero-order chi connectivity index (χ0) is 16.6. The van der Waals surface area contributed by atoms with Crippen molar-refractivity contribution in [1.82, 2.24) is 15.0 Å². The highest BCUT2D eigenvalue weighted by atomic mass is 32.1. The lowest BCUT2D eigenvalue weighted by Gasteiger charge is -2.13. The van der Waals surface area contributed by atoms with E-state index in [0.717, 1.165) is 27.0 Å². The molecule has 3 rings (SSSR count). The van der Waals surface area contributed by atoms with E-state index in [-0.39, 0.29) is 0 Å². The van der Waals surface area contributed by atoms with E-state index in [1.807, 2.05) is 19.9 Å². The number of aromatic nitrogens is 3. The van der Waals surface area contributed by atoms with Crippen molar-refractivity contribution in [1.29, 1.82) is 0 Å². The van der Waals surface area contributed by atoms with Crippen molar-refractivity contribution in [3.63, 3.8) is 0 Å². The smallest absolute Gasteiger partial charge is 0.227 e. The van der Waals surface area contributed by atoms with Gasteiger partial charge in [0.2, 0.25) is 5.95 Å². The summed E-state index contributed by atoms with van der Waals surface area (Å²) in [5.74, 6) is 0.614. The molecule has 2 heterocycles. The Morgan fingerprint density at radius 1 is 0.957 bits per heavy atom. The first-order valence-corrected chi connectivity index (χ1v) is 8.38. The summed E-state index contributed by atoms with van der Waals surface area (Å²) in [4.78, 5) is 14.6. The topological polar surface area (TPSA) is 50.7 Å². The maximum Gasteiger partial charge on any atom is 0.227 e. The molecule has 0 aliphatic heterocycles. The highest BCUT2D eigenvalue weighted by Crippen LogP contribution is 2.29. The van der Waals surface area contributed by atoms with Gasteiger partial charge in [-0.25, -0.2) is 15.0 Å². The Morgan fingerprint density at radius 3 is 2.26 bits per heavy atom. The molecule has 0 saturated carbocycles. The summed E-state index contributed by atoms with van der Waals surface area (Å²) in [5, 5.41) is 4.42. The van der Waals surface area contributed by atoms with Crippen LogP contribution in [0.4, 0.5) is 11.6 Å². The average molecular weight is 324 g/mol. The molecule has 0 bridgehead atoms. The molecule has 23 heavy (non-hydrogen) atoms. The van der Waals surface area contributed by atoms with Crippen molar-refractivity contribution in [3.8, 4) is 10.6 Å². The Morgan fingerprint density at radius 2 is 1.65 bits per heavy atom. The Labute approximate surface area is 140 Å². The summed E-state index contributed by atoms with van der Waals surface area (Å²) in [6.45, 7) is 10.3. The molecule has 0 fully saturated rings. The van der Waals surface area contributed by atoms with Crippen LogP contribution >= 0.6 is 11.3 Å². The predicted molar refractivity (Wildman–Crippen MR) is 96.5 cm³/mol. The Bertz CT molecular complexity index is 844. The van der Waals surface area contributed by atoms with E-state index < -0.39 is 0 Å². The van der Waals surface area contributed by atoms with Crippen LogP contribution in [0.3, 0.4) is 0 Å². The van der Waals surface area contributed by atoms with Gasteiger partial charge in [0.25, 0.3) is 0 Å². The van der Waals surface area contributed by atoms with Crippen molar-refractivity contribution in [3.05, 3.63) is 51.8 Å². The lowest BCUT2D eigenvalue weighted by molar-refractivity contribution is 1.15. The first-order chi connectivity index (χ1) is 10.9. The van der Waals surface area contributed by atoms with Crippen LogP contribution in [0.2, 0.25) is 0 Å². The highest BCUT2D eigenvalue weighted by Gasteiger charge is 2.11. The van der Waals surface area contributed by atoms with Crippen LogP contribution in [0.5, 0.6) is 0 Å². The zero-order valence-electron chi connectivity index (χ0n) is 14.1. The normalized spacial score (nSPS) is 10.8. The second-order valence-corrected chi connectivity index (χ2v) is 7.01. The van der Waals surface area contributed by atoms with Gasteiger partial charge in [0.05, 0.1) is 21.3 Å². The molecular weight excluding hydrogens is 304 g/mol. The summed E-state index contributed by atoms with van der Waals surface area (Å²) in [5.41, 5.74) is 6.65. The van der Waals surface area contributed by atoms with Crippen LogP contribution in [0.25, 0.3) is 10.6 Å². The minimum atomic E-state index is 0.614. The predicted octanol–water partition coefficient (Wildman–Crippen LogP) is 4.89. The molecule has 0 aliphatic carbocycles. The third kappa shape index (κ3) is 3.24. The van der Waals surface area contributed by atoms with E-state index in [0.29, 0.717) is 5.95 Å². The second-order valence-electron chi connectivity index (χ2n) is 5.81.